The summed E-state index contributed by atoms with van der Waals surface area (Å²) >= 11 is 0. The van der Waals surface area contributed by atoms with Crippen molar-refractivity contribution in [2.75, 3.05) is 7.05 Å². The average molecular weight is 253 g/mol. The van der Waals surface area contributed by atoms with Gasteiger partial charge >= 0.3 is 0 Å². The fourth-order valence-corrected chi connectivity index (χ4v) is 4.15. The first-order valence-electron chi connectivity index (χ1n) is 7.99. The minimum Gasteiger partial charge on any atom is -0.393 e. The first kappa shape index (κ1) is 14.3. The molecule has 0 aromatic carbocycles. The van der Waals surface area contributed by atoms with Crippen LogP contribution in [0.2, 0.25) is 0 Å². The van der Waals surface area contributed by atoms with Crippen LogP contribution in [0.5, 0.6) is 0 Å². The Bertz CT molecular complexity index is 247. The zero-order valence-electron chi connectivity index (χ0n) is 12.4. The maximum atomic E-state index is 10.00. The average Bonchev–Trinajstić information content (AvgIpc) is 2.38. The Kier molecular flexibility index (Phi) is 5.08. The van der Waals surface area contributed by atoms with Gasteiger partial charge in [-0.05, 0) is 51.0 Å². The fourth-order valence-electron chi connectivity index (χ4n) is 4.15. The van der Waals surface area contributed by atoms with E-state index in [1.54, 1.807) is 0 Å². The molecule has 2 aliphatic carbocycles. The van der Waals surface area contributed by atoms with Crippen LogP contribution in [-0.4, -0.2) is 35.2 Å². The Labute approximate surface area is 113 Å². The van der Waals surface area contributed by atoms with E-state index in [0.717, 1.165) is 30.7 Å². The molecule has 2 rings (SSSR count). The third-order valence-electron chi connectivity index (χ3n) is 5.37. The van der Waals surface area contributed by atoms with Crippen molar-refractivity contribution in [3.63, 3.8) is 0 Å². The van der Waals surface area contributed by atoms with Crippen molar-refractivity contribution in [3.8, 4) is 0 Å². The molecule has 0 amide bonds. The molecule has 2 heteroatoms. The summed E-state index contributed by atoms with van der Waals surface area (Å²) in [6.07, 6.45) is 10.1. The lowest BCUT2D eigenvalue weighted by Crippen LogP contribution is -2.50. The highest BCUT2D eigenvalue weighted by Gasteiger charge is 2.36. The van der Waals surface area contributed by atoms with Crippen LogP contribution in [0.4, 0.5) is 0 Å². The van der Waals surface area contributed by atoms with Gasteiger partial charge in [0.1, 0.15) is 0 Å². The lowest BCUT2D eigenvalue weighted by molar-refractivity contribution is -0.00117. The number of nitrogens with zero attached hydrogens (tertiary/aromatic N) is 1. The van der Waals surface area contributed by atoms with E-state index in [9.17, 15) is 5.11 Å². The van der Waals surface area contributed by atoms with E-state index < -0.39 is 0 Å². The van der Waals surface area contributed by atoms with Crippen molar-refractivity contribution in [1.82, 2.24) is 4.90 Å². The second-order valence-electron chi connectivity index (χ2n) is 6.90. The predicted octanol–water partition coefficient (Wildman–Crippen LogP) is 3.44. The Morgan fingerprint density at radius 2 is 1.67 bits per heavy atom. The van der Waals surface area contributed by atoms with Gasteiger partial charge in [-0.1, -0.05) is 33.1 Å². The SMILES string of the molecule is CC(C)C1CCC(O)CC1N(C)C1CCCCC1. The Hall–Kier alpha value is -0.0800. The lowest BCUT2D eigenvalue weighted by Gasteiger charge is -2.45. The molecule has 1 N–H and O–H groups in total. The molecule has 2 saturated carbocycles. The smallest absolute Gasteiger partial charge is 0.0555 e. The standard InChI is InChI=1S/C16H31NO/c1-12(2)15-10-9-14(18)11-16(15)17(3)13-7-5-4-6-8-13/h12-16,18H,4-11H2,1-3H3. The molecule has 0 saturated heterocycles. The van der Waals surface area contributed by atoms with Crippen molar-refractivity contribution in [2.24, 2.45) is 11.8 Å². The number of hydrogen-bond acceptors (Lipinski definition) is 2. The van der Waals surface area contributed by atoms with Gasteiger partial charge in [0, 0.05) is 12.1 Å². The van der Waals surface area contributed by atoms with Crippen molar-refractivity contribution < 1.29 is 5.11 Å². The summed E-state index contributed by atoms with van der Waals surface area (Å²) < 4.78 is 0. The van der Waals surface area contributed by atoms with Crippen LogP contribution in [0, 0.1) is 11.8 Å². The number of hydrogen-bond donors (Lipinski definition) is 1. The second kappa shape index (κ2) is 6.38. The lowest BCUT2D eigenvalue weighted by atomic mass is 9.75. The van der Waals surface area contributed by atoms with E-state index in [2.05, 4.69) is 25.8 Å². The van der Waals surface area contributed by atoms with Crippen LogP contribution in [0.1, 0.15) is 65.2 Å². The van der Waals surface area contributed by atoms with Gasteiger partial charge in [0.15, 0.2) is 0 Å². The van der Waals surface area contributed by atoms with Gasteiger partial charge < -0.3 is 10.0 Å². The van der Waals surface area contributed by atoms with E-state index >= 15 is 0 Å². The first-order valence-corrected chi connectivity index (χ1v) is 7.99. The molecule has 0 aromatic rings. The van der Waals surface area contributed by atoms with Crippen LogP contribution < -0.4 is 0 Å². The summed E-state index contributed by atoms with van der Waals surface area (Å²) in [6, 6.07) is 1.38. The Balaban J connectivity index is 2.01. The van der Waals surface area contributed by atoms with E-state index in [1.807, 2.05) is 0 Å². The van der Waals surface area contributed by atoms with Gasteiger partial charge in [-0.25, -0.2) is 0 Å². The van der Waals surface area contributed by atoms with Gasteiger partial charge in [0.2, 0.25) is 0 Å². The number of aliphatic hydroxyl groups is 1. The maximum Gasteiger partial charge on any atom is 0.0555 e. The topological polar surface area (TPSA) is 23.5 Å². The monoisotopic (exact) mass is 253 g/mol. The normalized spacial score (nSPS) is 35.3. The molecule has 0 bridgehead atoms. The van der Waals surface area contributed by atoms with Crippen molar-refractivity contribution in [1.29, 1.82) is 0 Å². The number of aliphatic hydroxyl groups excluding tert-OH is 1. The molecule has 0 aliphatic heterocycles. The van der Waals surface area contributed by atoms with Gasteiger partial charge in [-0.15, -0.1) is 0 Å². The molecule has 106 valence electrons. The highest BCUT2D eigenvalue weighted by atomic mass is 16.3. The minimum absolute atomic E-state index is 0.0592. The van der Waals surface area contributed by atoms with Crippen molar-refractivity contribution in [3.05, 3.63) is 0 Å². The highest BCUT2D eigenvalue weighted by molar-refractivity contribution is 4.90. The highest BCUT2D eigenvalue weighted by Crippen LogP contribution is 2.36. The first-order chi connectivity index (χ1) is 8.59. The number of rotatable bonds is 3. The van der Waals surface area contributed by atoms with Crippen molar-refractivity contribution >= 4 is 0 Å². The molecule has 2 fully saturated rings. The van der Waals surface area contributed by atoms with E-state index in [-0.39, 0.29) is 6.10 Å². The Morgan fingerprint density at radius 3 is 2.28 bits per heavy atom. The molecule has 3 unspecified atom stereocenters. The zero-order valence-corrected chi connectivity index (χ0v) is 12.4. The summed E-state index contributed by atoms with van der Waals surface area (Å²) in [5.41, 5.74) is 0. The van der Waals surface area contributed by atoms with Gasteiger partial charge in [-0.3, -0.25) is 0 Å². The summed E-state index contributed by atoms with van der Waals surface area (Å²) in [5.74, 6) is 1.52. The molecule has 0 radical (unpaired) electrons. The minimum atomic E-state index is -0.0592. The zero-order chi connectivity index (χ0) is 13.1. The van der Waals surface area contributed by atoms with Crippen LogP contribution in [0.3, 0.4) is 0 Å². The van der Waals surface area contributed by atoms with Crippen LogP contribution in [0.25, 0.3) is 0 Å². The predicted molar refractivity (Wildman–Crippen MR) is 76.6 cm³/mol. The summed E-state index contributed by atoms with van der Waals surface area (Å²) in [6.45, 7) is 4.70. The molecule has 3 atom stereocenters. The summed E-state index contributed by atoms with van der Waals surface area (Å²) in [4.78, 5) is 2.63. The maximum absolute atomic E-state index is 10.00. The van der Waals surface area contributed by atoms with E-state index in [4.69, 9.17) is 0 Å². The third-order valence-corrected chi connectivity index (χ3v) is 5.37. The quantitative estimate of drug-likeness (QED) is 0.833. The van der Waals surface area contributed by atoms with E-state index in [0.29, 0.717) is 6.04 Å². The largest absolute Gasteiger partial charge is 0.393 e. The van der Waals surface area contributed by atoms with Crippen LogP contribution >= 0.6 is 0 Å². The second-order valence-corrected chi connectivity index (χ2v) is 6.90. The summed E-state index contributed by atoms with van der Waals surface area (Å²) in [7, 11) is 2.31. The molecular weight excluding hydrogens is 222 g/mol. The van der Waals surface area contributed by atoms with E-state index in [1.165, 1.54) is 38.5 Å². The molecule has 0 heterocycles. The van der Waals surface area contributed by atoms with Gasteiger partial charge in [0.05, 0.1) is 6.10 Å². The van der Waals surface area contributed by atoms with Crippen LogP contribution in [0.15, 0.2) is 0 Å². The molecule has 2 aliphatic rings. The van der Waals surface area contributed by atoms with Crippen molar-refractivity contribution in [2.45, 2.75) is 83.4 Å². The Morgan fingerprint density at radius 1 is 1.00 bits per heavy atom. The summed E-state index contributed by atoms with van der Waals surface area (Å²) in [5, 5.41) is 10.00. The molecule has 0 spiro atoms. The molecule has 18 heavy (non-hydrogen) atoms. The van der Waals surface area contributed by atoms with Gasteiger partial charge in [-0.2, -0.15) is 0 Å². The molecular formula is C16H31NO. The molecule has 0 aromatic heterocycles. The van der Waals surface area contributed by atoms with Crippen LogP contribution in [-0.2, 0) is 0 Å². The fraction of sp³-hybridized carbons (Fsp3) is 1.00. The third kappa shape index (κ3) is 3.27. The van der Waals surface area contributed by atoms with Gasteiger partial charge in [0.25, 0.3) is 0 Å². The molecule has 2 nitrogen and oxygen atoms in total.